The Hall–Kier alpha value is -2.73. The van der Waals surface area contributed by atoms with Crippen LogP contribution in [0.4, 0.5) is 0 Å². The van der Waals surface area contributed by atoms with E-state index < -0.39 is 0 Å². The molecule has 6 nitrogen and oxygen atoms in total. The van der Waals surface area contributed by atoms with Crippen molar-refractivity contribution in [2.45, 2.75) is 72.3 Å². The number of esters is 1. The maximum atomic E-state index is 11.4. The summed E-state index contributed by atoms with van der Waals surface area (Å²) in [6.45, 7) is 8.38. The van der Waals surface area contributed by atoms with Gasteiger partial charge in [-0.3, -0.25) is 4.79 Å². The topological polar surface area (TPSA) is 62.6 Å². The van der Waals surface area contributed by atoms with Gasteiger partial charge in [0, 0.05) is 17.5 Å². The molecule has 0 unspecified atom stereocenters. The Morgan fingerprint density at radius 1 is 0.943 bits per heavy atom. The summed E-state index contributed by atoms with van der Waals surface area (Å²) in [5, 5.41) is 0.689. The van der Waals surface area contributed by atoms with E-state index in [9.17, 15) is 4.79 Å². The number of rotatable bonds is 15. The summed E-state index contributed by atoms with van der Waals surface area (Å²) in [7, 11) is 0. The summed E-state index contributed by atoms with van der Waals surface area (Å²) in [6.07, 6.45) is 6.48. The Kier molecular flexibility index (Phi) is 10.7. The molecule has 1 heterocycles. The molecule has 2 aromatic carbocycles. The van der Waals surface area contributed by atoms with Crippen molar-refractivity contribution in [2.75, 3.05) is 19.8 Å². The zero-order chi connectivity index (χ0) is 25.0. The van der Waals surface area contributed by atoms with Crippen LogP contribution in [-0.2, 0) is 16.1 Å². The summed E-state index contributed by atoms with van der Waals surface area (Å²) in [4.78, 5) is 16.1. The minimum atomic E-state index is -0.128. The third-order valence-electron chi connectivity index (χ3n) is 5.88. The molecule has 3 aromatic rings. The number of imidazole rings is 1. The number of ether oxygens (including phenoxy) is 3. The molecule has 0 bridgehead atoms. The van der Waals surface area contributed by atoms with Crippen LogP contribution < -0.4 is 9.47 Å². The van der Waals surface area contributed by atoms with E-state index in [1.807, 2.05) is 50.2 Å². The van der Waals surface area contributed by atoms with E-state index in [-0.39, 0.29) is 5.97 Å². The van der Waals surface area contributed by atoms with E-state index in [1.54, 1.807) is 0 Å². The lowest BCUT2D eigenvalue weighted by atomic mass is 10.2. The van der Waals surface area contributed by atoms with E-state index in [4.69, 9.17) is 30.8 Å². The van der Waals surface area contributed by atoms with Crippen LogP contribution in [0.25, 0.3) is 11.0 Å². The molecule has 0 N–H and O–H groups in total. The maximum Gasteiger partial charge on any atom is 0.305 e. The van der Waals surface area contributed by atoms with Gasteiger partial charge in [0.05, 0.1) is 37.4 Å². The van der Waals surface area contributed by atoms with Crippen LogP contribution in [0.15, 0.2) is 36.4 Å². The van der Waals surface area contributed by atoms with Crippen molar-refractivity contribution < 1.29 is 19.0 Å². The first-order valence-corrected chi connectivity index (χ1v) is 13.1. The highest BCUT2D eigenvalue weighted by molar-refractivity contribution is 6.31. The summed E-state index contributed by atoms with van der Waals surface area (Å²) < 4.78 is 18.9. The largest absolute Gasteiger partial charge is 0.494 e. The number of fused-ring (bicyclic) bond motifs is 1. The van der Waals surface area contributed by atoms with Crippen LogP contribution in [0.5, 0.6) is 11.5 Å². The standard InChI is InChI=1S/C28H37ClN2O4/c1-4-6-9-16-34-23-13-12-22(25(29)18-23)20-31-21(3)30-26-15-14-24(19-27(26)31)35-17-10-7-8-11-28(32)33-5-2/h12-15,18-19H,4-11,16-17,20H2,1-3H3. The molecule has 0 atom stereocenters. The molecule has 190 valence electrons. The number of halogens is 1. The molecule has 0 saturated heterocycles. The van der Waals surface area contributed by atoms with Gasteiger partial charge < -0.3 is 18.8 Å². The van der Waals surface area contributed by atoms with Crippen molar-refractivity contribution >= 4 is 28.6 Å². The van der Waals surface area contributed by atoms with Crippen molar-refractivity contribution in [3.05, 3.63) is 52.8 Å². The lowest BCUT2D eigenvalue weighted by molar-refractivity contribution is -0.143. The number of unbranched alkanes of at least 4 members (excludes halogenated alkanes) is 4. The molecular formula is C28H37ClN2O4. The van der Waals surface area contributed by atoms with Crippen LogP contribution in [0.3, 0.4) is 0 Å². The highest BCUT2D eigenvalue weighted by Crippen LogP contribution is 2.27. The number of benzene rings is 2. The Bertz CT molecular complexity index is 1100. The molecule has 0 amide bonds. The number of aromatic nitrogens is 2. The molecule has 0 aliphatic heterocycles. The Labute approximate surface area is 213 Å². The van der Waals surface area contributed by atoms with E-state index in [0.717, 1.165) is 59.6 Å². The van der Waals surface area contributed by atoms with E-state index in [2.05, 4.69) is 11.5 Å². The van der Waals surface area contributed by atoms with Gasteiger partial charge in [0.1, 0.15) is 17.3 Å². The molecule has 0 fully saturated rings. The maximum absolute atomic E-state index is 11.4. The smallest absolute Gasteiger partial charge is 0.305 e. The Morgan fingerprint density at radius 2 is 1.66 bits per heavy atom. The van der Waals surface area contributed by atoms with Crippen LogP contribution >= 0.6 is 11.6 Å². The molecule has 0 aliphatic rings. The zero-order valence-corrected chi connectivity index (χ0v) is 21.9. The van der Waals surface area contributed by atoms with Crippen molar-refractivity contribution in [3.8, 4) is 11.5 Å². The van der Waals surface area contributed by atoms with Gasteiger partial charge in [-0.15, -0.1) is 0 Å². The predicted octanol–water partition coefficient (Wildman–Crippen LogP) is 7.12. The molecule has 0 spiro atoms. The van der Waals surface area contributed by atoms with Gasteiger partial charge >= 0.3 is 5.97 Å². The molecule has 7 heteroatoms. The van der Waals surface area contributed by atoms with Crippen molar-refractivity contribution in [2.24, 2.45) is 0 Å². The number of hydrogen-bond donors (Lipinski definition) is 0. The molecular weight excluding hydrogens is 464 g/mol. The second kappa shape index (κ2) is 14.0. The molecule has 35 heavy (non-hydrogen) atoms. The van der Waals surface area contributed by atoms with Crippen molar-refractivity contribution in [1.29, 1.82) is 0 Å². The first-order valence-electron chi connectivity index (χ1n) is 12.7. The molecule has 1 aromatic heterocycles. The highest BCUT2D eigenvalue weighted by atomic mass is 35.5. The van der Waals surface area contributed by atoms with Gasteiger partial charge in [-0.1, -0.05) is 37.4 Å². The Morgan fingerprint density at radius 3 is 2.37 bits per heavy atom. The summed E-state index contributed by atoms with van der Waals surface area (Å²) in [5.74, 6) is 2.41. The average Bonchev–Trinajstić information content (AvgIpc) is 3.15. The van der Waals surface area contributed by atoms with Gasteiger partial charge in [-0.05, 0) is 69.4 Å². The fourth-order valence-corrected chi connectivity index (χ4v) is 4.17. The predicted molar refractivity (Wildman–Crippen MR) is 141 cm³/mol. The Balaban J connectivity index is 1.59. The van der Waals surface area contributed by atoms with Crippen molar-refractivity contribution in [3.63, 3.8) is 0 Å². The second-order valence-electron chi connectivity index (χ2n) is 8.67. The van der Waals surface area contributed by atoms with Gasteiger partial charge in [-0.2, -0.15) is 0 Å². The van der Waals surface area contributed by atoms with Crippen molar-refractivity contribution in [1.82, 2.24) is 9.55 Å². The van der Waals surface area contributed by atoms with Crippen LogP contribution in [-0.4, -0.2) is 35.3 Å². The van der Waals surface area contributed by atoms with Gasteiger partial charge in [0.15, 0.2) is 0 Å². The molecule has 0 radical (unpaired) electrons. The second-order valence-corrected chi connectivity index (χ2v) is 9.08. The lowest BCUT2D eigenvalue weighted by Gasteiger charge is -2.12. The number of carbonyl (C=O) groups is 1. The summed E-state index contributed by atoms with van der Waals surface area (Å²) in [6, 6.07) is 11.9. The van der Waals surface area contributed by atoms with Crippen LogP contribution in [0, 0.1) is 6.92 Å². The van der Waals surface area contributed by atoms with E-state index >= 15 is 0 Å². The highest BCUT2D eigenvalue weighted by Gasteiger charge is 2.12. The van der Waals surface area contributed by atoms with Gasteiger partial charge in [-0.25, -0.2) is 4.98 Å². The van der Waals surface area contributed by atoms with Crippen LogP contribution in [0.1, 0.15) is 70.2 Å². The third kappa shape index (κ3) is 8.17. The molecule has 0 saturated carbocycles. The first-order chi connectivity index (χ1) is 17.0. The summed E-state index contributed by atoms with van der Waals surface area (Å²) in [5.41, 5.74) is 2.96. The number of hydrogen-bond acceptors (Lipinski definition) is 5. The summed E-state index contributed by atoms with van der Waals surface area (Å²) >= 11 is 6.60. The minimum absolute atomic E-state index is 0.128. The molecule has 0 aliphatic carbocycles. The SMILES string of the molecule is CCCCCOc1ccc(Cn2c(C)nc3ccc(OCCCCCC(=O)OCC)cc32)c(Cl)c1. The first kappa shape index (κ1) is 26.9. The zero-order valence-electron chi connectivity index (χ0n) is 21.1. The monoisotopic (exact) mass is 500 g/mol. The fraction of sp³-hybridized carbons (Fsp3) is 0.500. The molecule has 3 rings (SSSR count). The van der Waals surface area contributed by atoms with Crippen LogP contribution in [0.2, 0.25) is 5.02 Å². The number of carbonyl (C=O) groups excluding carboxylic acids is 1. The van der Waals surface area contributed by atoms with E-state index in [0.29, 0.717) is 37.8 Å². The average molecular weight is 501 g/mol. The fourth-order valence-electron chi connectivity index (χ4n) is 3.94. The van der Waals surface area contributed by atoms with Gasteiger partial charge in [0.25, 0.3) is 0 Å². The van der Waals surface area contributed by atoms with Gasteiger partial charge in [0.2, 0.25) is 0 Å². The lowest BCUT2D eigenvalue weighted by Crippen LogP contribution is -2.04. The van der Waals surface area contributed by atoms with E-state index in [1.165, 1.54) is 12.8 Å². The third-order valence-corrected chi connectivity index (χ3v) is 6.23. The minimum Gasteiger partial charge on any atom is -0.494 e. The number of aryl methyl sites for hydroxylation is 1. The number of nitrogens with zero attached hydrogens (tertiary/aromatic N) is 2. The quantitative estimate of drug-likeness (QED) is 0.164. The normalized spacial score (nSPS) is 11.1.